The fourth-order valence-corrected chi connectivity index (χ4v) is 2.25. The number of halogens is 2. The van der Waals surface area contributed by atoms with E-state index in [2.05, 4.69) is 12.2 Å². The lowest BCUT2D eigenvalue weighted by atomic mass is 9.95. The number of nitrogens with one attached hydrogen (secondary N) is 1. The van der Waals surface area contributed by atoms with Crippen molar-refractivity contribution in [1.29, 1.82) is 0 Å². The van der Waals surface area contributed by atoms with Crippen molar-refractivity contribution in [3.8, 4) is 0 Å². The molecule has 4 heteroatoms. The minimum atomic E-state index is -0.217. The molecule has 0 aliphatic heterocycles. The van der Waals surface area contributed by atoms with Gasteiger partial charge in [-0.1, -0.05) is 30.7 Å². The maximum atomic E-state index is 12.0. The minimum absolute atomic E-state index is 0.0202. The normalized spacial score (nSPS) is 14.0. The Kier molecular flexibility index (Phi) is 5.97. The lowest BCUT2D eigenvalue weighted by molar-refractivity contribution is -0.122. The van der Waals surface area contributed by atoms with E-state index in [-0.39, 0.29) is 11.4 Å². The predicted octanol–water partition coefficient (Wildman–Crippen LogP) is 3.80. The van der Waals surface area contributed by atoms with E-state index in [0.29, 0.717) is 17.3 Å². The van der Waals surface area contributed by atoms with E-state index in [4.69, 9.17) is 23.2 Å². The Bertz CT molecular complexity index is 391. The zero-order chi connectivity index (χ0) is 13.6. The van der Waals surface area contributed by atoms with Crippen LogP contribution in [0.5, 0.6) is 0 Å². The Labute approximate surface area is 119 Å². The number of hydrogen-bond acceptors (Lipinski definition) is 1. The first-order valence-corrected chi connectivity index (χ1v) is 7.02. The van der Waals surface area contributed by atoms with Crippen molar-refractivity contribution in [2.75, 3.05) is 5.88 Å². The monoisotopic (exact) mass is 287 g/mol. The Hall–Kier alpha value is -0.730. The Morgan fingerprint density at radius 3 is 2.44 bits per heavy atom. The number of hydrogen-bond donors (Lipinski definition) is 1. The minimum Gasteiger partial charge on any atom is -0.351 e. The van der Waals surface area contributed by atoms with Crippen molar-refractivity contribution in [3.05, 3.63) is 34.9 Å². The molecular weight excluding hydrogens is 269 g/mol. The summed E-state index contributed by atoms with van der Waals surface area (Å²) in [6.45, 7) is 4.07. The van der Waals surface area contributed by atoms with Crippen LogP contribution < -0.4 is 5.32 Å². The van der Waals surface area contributed by atoms with Crippen molar-refractivity contribution in [2.45, 2.75) is 38.6 Å². The van der Waals surface area contributed by atoms with E-state index in [1.165, 1.54) is 0 Å². The highest BCUT2D eigenvalue weighted by molar-refractivity contribution is 6.30. The number of carbonyl (C=O) groups is 1. The van der Waals surface area contributed by atoms with E-state index in [0.717, 1.165) is 18.4 Å². The first kappa shape index (κ1) is 15.3. The van der Waals surface area contributed by atoms with Crippen LogP contribution in [0.3, 0.4) is 0 Å². The van der Waals surface area contributed by atoms with Crippen LogP contribution in [-0.2, 0) is 11.2 Å². The predicted molar refractivity (Wildman–Crippen MR) is 77.3 cm³/mol. The lowest BCUT2D eigenvalue weighted by Gasteiger charge is -2.29. The molecule has 1 N–H and O–H groups in total. The third kappa shape index (κ3) is 4.87. The first-order valence-electron chi connectivity index (χ1n) is 6.10. The zero-order valence-electron chi connectivity index (χ0n) is 10.8. The molecule has 1 amide bonds. The van der Waals surface area contributed by atoms with E-state index in [9.17, 15) is 4.79 Å². The van der Waals surface area contributed by atoms with Crippen molar-refractivity contribution in [2.24, 2.45) is 0 Å². The van der Waals surface area contributed by atoms with Gasteiger partial charge < -0.3 is 5.32 Å². The van der Waals surface area contributed by atoms with Gasteiger partial charge in [-0.15, -0.1) is 11.6 Å². The highest BCUT2D eigenvalue weighted by atomic mass is 35.5. The molecule has 0 fully saturated rings. The van der Waals surface area contributed by atoms with Crippen LogP contribution in [0.15, 0.2) is 24.3 Å². The van der Waals surface area contributed by atoms with Gasteiger partial charge in [0.05, 0.1) is 6.42 Å². The van der Waals surface area contributed by atoms with Crippen molar-refractivity contribution in [1.82, 2.24) is 5.32 Å². The van der Waals surface area contributed by atoms with Gasteiger partial charge in [0.2, 0.25) is 5.91 Å². The SMILES string of the molecule is CCC(C)(CCCl)NC(=O)Cc1ccc(Cl)cc1. The molecule has 0 aliphatic carbocycles. The third-order valence-electron chi connectivity index (χ3n) is 3.15. The number of alkyl halides is 1. The second kappa shape index (κ2) is 7.01. The standard InChI is InChI=1S/C14H19Cl2NO/c1-3-14(2,8-9-15)17-13(18)10-11-4-6-12(16)7-5-11/h4-7H,3,8-10H2,1-2H3,(H,17,18). The van der Waals surface area contributed by atoms with Crippen LogP contribution in [0, 0.1) is 0 Å². The summed E-state index contributed by atoms with van der Waals surface area (Å²) in [5, 5.41) is 3.73. The van der Waals surface area contributed by atoms with Crippen molar-refractivity contribution >= 4 is 29.1 Å². The van der Waals surface area contributed by atoms with Gasteiger partial charge in [-0.2, -0.15) is 0 Å². The fraction of sp³-hybridized carbons (Fsp3) is 0.500. The average Bonchev–Trinajstić information content (AvgIpc) is 2.32. The summed E-state index contributed by atoms with van der Waals surface area (Å²) in [4.78, 5) is 12.0. The number of benzene rings is 1. The van der Waals surface area contributed by atoms with Crippen LogP contribution in [0.2, 0.25) is 5.02 Å². The molecule has 0 spiro atoms. The molecule has 1 atom stereocenters. The highest BCUT2D eigenvalue weighted by Crippen LogP contribution is 2.16. The maximum Gasteiger partial charge on any atom is 0.224 e. The summed E-state index contributed by atoms with van der Waals surface area (Å²) in [6, 6.07) is 7.32. The van der Waals surface area contributed by atoms with Gasteiger partial charge in [0.1, 0.15) is 0 Å². The topological polar surface area (TPSA) is 29.1 Å². The Balaban J connectivity index is 2.58. The zero-order valence-corrected chi connectivity index (χ0v) is 12.3. The first-order chi connectivity index (χ1) is 8.49. The second-order valence-electron chi connectivity index (χ2n) is 4.70. The number of amides is 1. The van der Waals surface area contributed by atoms with E-state index in [1.54, 1.807) is 12.1 Å². The smallest absolute Gasteiger partial charge is 0.224 e. The summed E-state index contributed by atoms with van der Waals surface area (Å²) in [5.41, 5.74) is 0.742. The highest BCUT2D eigenvalue weighted by Gasteiger charge is 2.23. The molecule has 0 bridgehead atoms. The van der Waals surface area contributed by atoms with E-state index >= 15 is 0 Å². The summed E-state index contributed by atoms with van der Waals surface area (Å²) in [6.07, 6.45) is 2.01. The average molecular weight is 288 g/mol. The van der Waals surface area contributed by atoms with Crippen molar-refractivity contribution < 1.29 is 4.79 Å². The van der Waals surface area contributed by atoms with Crippen LogP contribution in [-0.4, -0.2) is 17.3 Å². The Morgan fingerprint density at radius 1 is 1.33 bits per heavy atom. The van der Waals surface area contributed by atoms with Crippen LogP contribution in [0.4, 0.5) is 0 Å². The van der Waals surface area contributed by atoms with Crippen LogP contribution in [0.1, 0.15) is 32.3 Å². The molecule has 0 aliphatic rings. The molecule has 0 saturated carbocycles. The van der Waals surface area contributed by atoms with Gasteiger partial charge in [0, 0.05) is 16.4 Å². The molecule has 0 saturated heterocycles. The van der Waals surface area contributed by atoms with Gasteiger partial charge >= 0.3 is 0 Å². The van der Waals surface area contributed by atoms with Crippen molar-refractivity contribution in [3.63, 3.8) is 0 Å². The summed E-state index contributed by atoms with van der Waals surface area (Å²) in [7, 11) is 0. The molecule has 1 aromatic carbocycles. The summed E-state index contributed by atoms with van der Waals surface area (Å²) < 4.78 is 0. The summed E-state index contributed by atoms with van der Waals surface area (Å²) in [5.74, 6) is 0.567. The molecule has 0 aromatic heterocycles. The molecule has 2 nitrogen and oxygen atoms in total. The third-order valence-corrected chi connectivity index (χ3v) is 3.59. The van der Waals surface area contributed by atoms with Gasteiger partial charge in [-0.3, -0.25) is 4.79 Å². The quantitative estimate of drug-likeness (QED) is 0.793. The van der Waals surface area contributed by atoms with Gasteiger partial charge in [0.15, 0.2) is 0 Å². The maximum absolute atomic E-state index is 12.0. The second-order valence-corrected chi connectivity index (χ2v) is 5.52. The number of carbonyl (C=O) groups excluding carboxylic acids is 1. The van der Waals surface area contributed by atoms with Gasteiger partial charge in [-0.05, 0) is 37.5 Å². The molecule has 1 unspecified atom stereocenters. The molecule has 18 heavy (non-hydrogen) atoms. The van der Waals surface area contributed by atoms with Crippen LogP contribution in [0.25, 0.3) is 0 Å². The molecule has 0 heterocycles. The van der Waals surface area contributed by atoms with E-state index < -0.39 is 0 Å². The fourth-order valence-electron chi connectivity index (χ4n) is 1.70. The Morgan fingerprint density at radius 2 is 1.94 bits per heavy atom. The molecule has 1 rings (SSSR count). The van der Waals surface area contributed by atoms with Crippen LogP contribution >= 0.6 is 23.2 Å². The van der Waals surface area contributed by atoms with Gasteiger partial charge in [0.25, 0.3) is 0 Å². The molecular formula is C14H19Cl2NO. The van der Waals surface area contributed by atoms with Gasteiger partial charge in [-0.25, -0.2) is 0 Å². The summed E-state index contributed by atoms with van der Waals surface area (Å²) >= 11 is 11.6. The van der Waals surface area contributed by atoms with E-state index in [1.807, 2.05) is 19.1 Å². The number of rotatable bonds is 6. The molecule has 100 valence electrons. The largest absolute Gasteiger partial charge is 0.351 e. The molecule has 0 radical (unpaired) electrons. The lowest BCUT2D eigenvalue weighted by Crippen LogP contribution is -2.46. The molecule has 1 aromatic rings.